The molecule has 6 heteroatoms. The molecule has 3 aromatic rings. The lowest BCUT2D eigenvalue weighted by Crippen LogP contribution is -2.12. The van der Waals surface area contributed by atoms with Crippen molar-refractivity contribution in [2.24, 2.45) is 0 Å². The Morgan fingerprint density at radius 3 is 2.42 bits per heavy atom. The Morgan fingerprint density at radius 1 is 1.08 bits per heavy atom. The van der Waals surface area contributed by atoms with Gasteiger partial charge in [-0.15, -0.1) is 0 Å². The molecule has 0 bridgehead atoms. The number of nitrogens with one attached hydrogen (secondary N) is 1. The molecule has 0 saturated carbocycles. The van der Waals surface area contributed by atoms with E-state index in [0.29, 0.717) is 27.7 Å². The highest BCUT2D eigenvalue weighted by Gasteiger charge is 2.08. The van der Waals surface area contributed by atoms with Crippen LogP contribution in [0.1, 0.15) is 15.9 Å². The van der Waals surface area contributed by atoms with Crippen LogP contribution in [-0.4, -0.2) is 15.9 Å². The quantitative estimate of drug-likeness (QED) is 0.787. The average Bonchev–Trinajstić information content (AvgIpc) is 2.62. The third-order valence-corrected chi connectivity index (χ3v) is 3.50. The Morgan fingerprint density at radius 2 is 1.79 bits per heavy atom. The Labute approximate surface area is 143 Å². The van der Waals surface area contributed by atoms with E-state index in [1.807, 2.05) is 18.2 Å². The van der Waals surface area contributed by atoms with Gasteiger partial charge in [-0.3, -0.25) is 4.79 Å². The maximum absolute atomic E-state index is 12.1. The largest absolute Gasteiger partial charge is 0.319 e. The van der Waals surface area contributed by atoms with Gasteiger partial charge in [-0.05, 0) is 36.4 Å². The zero-order chi connectivity index (χ0) is 16.9. The molecule has 1 heterocycles. The molecule has 1 N–H and O–H groups in total. The van der Waals surface area contributed by atoms with E-state index in [0.717, 1.165) is 5.56 Å². The van der Waals surface area contributed by atoms with Gasteiger partial charge in [0.05, 0.1) is 29.7 Å². The van der Waals surface area contributed by atoms with Crippen LogP contribution < -0.4 is 5.32 Å². The summed E-state index contributed by atoms with van der Waals surface area (Å²) in [5.74, 6) is 0.229. The van der Waals surface area contributed by atoms with Crippen molar-refractivity contribution in [2.75, 3.05) is 5.32 Å². The molecule has 0 saturated heterocycles. The normalized spacial score (nSPS) is 10.0. The lowest BCUT2D eigenvalue weighted by molar-refractivity contribution is 0.102. The van der Waals surface area contributed by atoms with Gasteiger partial charge in [-0.25, -0.2) is 9.97 Å². The number of aromatic nitrogens is 2. The molecule has 1 aromatic heterocycles. The van der Waals surface area contributed by atoms with E-state index in [-0.39, 0.29) is 5.91 Å². The van der Waals surface area contributed by atoms with E-state index >= 15 is 0 Å². The Hall–Kier alpha value is -3.23. The number of amides is 1. The smallest absolute Gasteiger partial charge is 0.255 e. The van der Waals surface area contributed by atoms with Gasteiger partial charge in [-0.2, -0.15) is 5.26 Å². The van der Waals surface area contributed by atoms with Gasteiger partial charge in [0.25, 0.3) is 5.91 Å². The summed E-state index contributed by atoms with van der Waals surface area (Å²) in [6.45, 7) is 0. The molecule has 116 valence electrons. The lowest BCUT2D eigenvalue weighted by Gasteiger charge is -2.06. The Kier molecular flexibility index (Phi) is 4.50. The van der Waals surface area contributed by atoms with Crippen molar-refractivity contribution in [3.8, 4) is 17.5 Å². The monoisotopic (exact) mass is 334 g/mol. The van der Waals surface area contributed by atoms with Crippen molar-refractivity contribution in [1.29, 1.82) is 5.26 Å². The van der Waals surface area contributed by atoms with Crippen molar-refractivity contribution < 1.29 is 4.79 Å². The fourth-order valence-corrected chi connectivity index (χ4v) is 2.26. The third kappa shape index (κ3) is 3.57. The first-order valence-corrected chi connectivity index (χ1v) is 7.43. The molecular formula is C18H11ClN4O. The number of hydrogen-bond acceptors (Lipinski definition) is 4. The van der Waals surface area contributed by atoms with Gasteiger partial charge < -0.3 is 5.32 Å². The van der Waals surface area contributed by atoms with E-state index in [2.05, 4.69) is 15.3 Å². The highest BCUT2D eigenvalue weighted by atomic mass is 35.5. The van der Waals surface area contributed by atoms with Crippen LogP contribution in [0.4, 0.5) is 5.69 Å². The molecule has 0 unspecified atom stereocenters. The predicted molar refractivity (Wildman–Crippen MR) is 91.6 cm³/mol. The van der Waals surface area contributed by atoms with Crippen LogP contribution in [0.5, 0.6) is 0 Å². The Balaban J connectivity index is 1.74. The lowest BCUT2D eigenvalue weighted by atomic mass is 10.1. The summed E-state index contributed by atoms with van der Waals surface area (Å²) in [6, 6.07) is 15.6. The van der Waals surface area contributed by atoms with Crippen molar-refractivity contribution in [3.63, 3.8) is 0 Å². The van der Waals surface area contributed by atoms with Crippen LogP contribution in [-0.2, 0) is 0 Å². The molecule has 0 aliphatic rings. The van der Waals surface area contributed by atoms with Crippen LogP contribution in [0.25, 0.3) is 11.4 Å². The summed E-state index contributed by atoms with van der Waals surface area (Å²) >= 11 is 5.95. The van der Waals surface area contributed by atoms with Gasteiger partial charge >= 0.3 is 0 Å². The van der Waals surface area contributed by atoms with E-state index in [1.165, 1.54) is 12.4 Å². The number of benzene rings is 2. The maximum Gasteiger partial charge on any atom is 0.255 e. The number of carbonyl (C=O) groups is 1. The number of rotatable bonds is 3. The molecule has 0 atom stereocenters. The number of hydrogen-bond donors (Lipinski definition) is 1. The molecule has 0 aliphatic heterocycles. The van der Waals surface area contributed by atoms with Crippen LogP contribution in [0, 0.1) is 11.3 Å². The molecule has 0 fully saturated rings. The van der Waals surface area contributed by atoms with Crippen LogP contribution in [0.2, 0.25) is 5.02 Å². The minimum absolute atomic E-state index is 0.293. The average molecular weight is 335 g/mol. The zero-order valence-corrected chi connectivity index (χ0v) is 13.2. The second kappa shape index (κ2) is 6.90. The van der Waals surface area contributed by atoms with Crippen molar-refractivity contribution in [3.05, 3.63) is 77.1 Å². The summed E-state index contributed by atoms with van der Waals surface area (Å²) in [6.07, 6.45) is 3.07. The van der Waals surface area contributed by atoms with Gasteiger partial charge in [0, 0.05) is 16.1 Å². The van der Waals surface area contributed by atoms with Crippen molar-refractivity contribution >= 4 is 23.2 Å². The first kappa shape index (κ1) is 15.7. The summed E-state index contributed by atoms with van der Waals surface area (Å²) < 4.78 is 0. The first-order chi connectivity index (χ1) is 11.7. The highest BCUT2D eigenvalue weighted by Crippen LogP contribution is 2.19. The Bertz CT molecular complexity index is 915. The molecule has 2 aromatic carbocycles. The number of nitriles is 1. The number of nitrogens with zero attached hydrogens (tertiary/aromatic N) is 3. The standard InChI is InChI=1S/C18H11ClN4O/c19-15-3-1-2-14(8-15)17-21-10-16(11-22-17)23-18(24)13-6-4-12(9-20)5-7-13/h1-8,10-11H,(H,23,24). The van der Waals surface area contributed by atoms with Crippen LogP contribution >= 0.6 is 11.6 Å². The van der Waals surface area contributed by atoms with Crippen LogP contribution in [0.3, 0.4) is 0 Å². The van der Waals surface area contributed by atoms with Gasteiger partial charge in [0.15, 0.2) is 5.82 Å². The summed E-state index contributed by atoms with van der Waals surface area (Å²) in [5.41, 5.74) is 2.23. The second-order valence-corrected chi connectivity index (χ2v) is 5.39. The number of anilines is 1. The van der Waals surface area contributed by atoms with E-state index in [9.17, 15) is 4.79 Å². The fraction of sp³-hybridized carbons (Fsp3) is 0. The summed E-state index contributed by atoms with van der Waals surface area (Å²) in [5, 5.41) is 12.1. The SMILES string of the molecule is N#Cc1ccc(C(=O)Nc2cnc(-c3cccc(Cl)c3)nc2)cc1. The predicted octanol–water partition coefficient (Wildman–Crippen LogP) is 3.92. The van der Waals surface area contributed by atoms with Crippen molar-refractivity contribution in [1.82, 2.24) is 9.97 Å². The van der Waals surface area contributed by atoms with Crippen LogP contribution in [0.15, 0.2) is 60.9 Å². The topological polar surface area (TPSA) is 78.7 Å². The summed E-state index contributed by atoms with van der Waals surface area (Å²) in [7, 11) is 0. The minimum Gasteiger partial charge on any atom is -0.319 e. The molecule has 3 rings (SSSR count). The molecular weight excluding hydrogens is 324 g/mol. The van der Waals surface area contributed by atoms with Gasteiger partial charge in [0.1, 0.15) is 0 Å². The summed E-state index contributed by atoms with van der Waals surface area (Å²) in [4.78, 5) is 20.6. The molecule has 5 nitrogen and oxygen atoms in total. The molecule has 0 aliphatic carbocycles. The molecule has 0 radical (unpaired) electrons. The second-order valence-electron chi connectivity index (χ2n) is 4.95. The molecule has 1 amide bonds. The first-order valence-electron chi connectivity index (χ1n) is 7.05. The van der Waals surface area contributed by atoms with E-state index in [1.54, 1.807) is 36.4 Å². The third-order valence-electron chi connectivity index (χ3n) is 3.27. The minimum atomic E-state index is -0.293. The van der Waals surface area contributed by atoms with E-state index < -0.39 is 0 Å². The maximum atomic E-state index is 12.1. The van der Waals surface area contributed by atoms with E-state index in [4.69, 9.17) is 16.9 Å². The molecule has 24 heavy (non-hydrogen) atoms. The molecule has 0 spiro atoms. The zero-order valence-electron chi connectivity index (χ0n) is 12.4. The fourth-order valence-electron chi connectivity index (χ4n) is 2.07. The van der Waals surface area contributed by atoms with Gasteiger partial charge in [-0.1, -0.05) is 23.7 Å². The van der Waals surface area contributed by atoms with Gasteiger partial charge in [0.2, 0.25) is 0 Å². The number of carbonyl (C=O) groups excluding carboxylic acids is 1. The highest BCUT2D eigenvalue weighted by molar-refractivity contribution is 6.30. The number of halogens is 1. The van der Waals surface area contributed by atoms with Crippen molar-refractivity contribution in [2.45, 2.75) is 0 Å².